The van der Waals surface area contributed by atoms with E-state index in [0.29, 0.717) is 11.3 Å². The van der Waals surface area contributed by atoms with Gasteiger partial charge in [0.25, 0.3) is 5.91 Å². The summed E-state index contributed by atoms with van der Waals surface area (Å²) in [5, 5.41) is 0. The van der Waals surface area contributed by atoms with Crippen molar-refractivity contribution in [3.63, 3.8) is 0 Å². The minimum atomic E-state index is -4.31. The zero-order valence-corrected chi connectivity index (χ0v) is 11.0. The van der Waals surface area contributed by atoms with Crippen LogP contribution in [0.3, 0.4) is 0 Å². The Morgan fingerprint density at radius 2 is 2.05 bits per heavy atom. The number of hydrogen-bond donors (Lipinski definition) is 1. The largest absolute Gasteiger partial charge is 0.412 e. The fraction of sp³-hybridized carbons (Fsp3) is 0.357. The summed E-state index contributed by atoms with van der Waals surface area (Å²) in [7, 11) is 0. The summed E-state index contributed by atoms with van der Waals surface area (Å²) in [6, 6.07) is 5.06. The molecule has 2 N–H and O–H groups in total. The third-order valence-corrected chi connectivity index (χ3v) is 3.30. The Morgan fingerprint density at radius 1 is 1.35 bits per heavy atom. The monoisotopic (exact) mass is 284 g/mol. The van der Waals surface area contributed by atoms with Gasteiger partial charge in [0.15, 0.2) is 0 Å². The molecule has 6 heteroatoms. The van der Waals surface area contributed by atoms with Gasteiger partial charge in [0, 0.05) is 24.4 Å². The second kappa shape index (κ2) is 5.19. The van der Waals surface area contributed by atoms with Gasteiger partial charge >= 0.3 is 6.18 Å². The van der Waals surface area contributed by atoms with E-state index in [0.717, 1.165) is 11.6 Å². The second-order valence-corrected chi connectivity index (χ2v) is 4.82. The Balaban J connectivity index is 2.17. The molecule has 0 radical (unpaired) electrons. The molecule has 1 heterocycles. The van der Waals surface area contributed by atoms with E-state index in [2.05, 4.69) is 0 Å². The van der Waals surface area contributed by atoms with Crippen LogP contribution in [0.1, 0.15) is 22.3 Å². The van der Waals surface area contributed by atoms with E-state index in [9.17, 15) is 18.0 Å². The SMILES string of the molecule is Cc1ccc(N)c(C(=O)N2CC=C(C(F)(F)F)CC2)c1. The lowest BCUT2D eigenvalue weighted by Gasteiger charge is -2.27. The highest BCUT2D eigenvalue weighted by Crippen LogP contribution is 2.30. The average molecular weight is 284 g/mol. The first kappa shape index (κ1) is 14.4. The van der Waals surface area contributed by atoms with Crippen molar-refractivity contribution in [3.8, 4) is 0 Å². The number of nitrogen functional groups attached to an aromatic ring is 1. The van der Waals surface area contributed by atoms with E-state index in [4.69, 9.17) is 5.73 Å². The summed E-state index contributed by atoms with van der Waals surface area (Å²) in [6.07, 6.45) is -3.42. The third kappa shape index (κ3) is 2.95. The van der Waals surface area contributed by atoms with Gasteiger partial charge in [-0.3, -0.25) is 4.79 Å². The van der Waals surface area contributed by atoms with E-state index in [-0.39, 0.29) is 25.4 Å². The fourth-order valence-corrected chi connectivity index (χ4v) is 2.14. The summed E-state index contributed by atoms with van der Waals surface area (Å²) >= 11 is 0. The second-order valence-electron chi connectivity index (χ2n) is 4.82. The van der Waals surface area contributed by atoms with Crippen molar-refractivity contribution in [3.05, 3.63) is 41.0 Å². The molecular weight excluding hydrogens is 269 g/mol. The number of nitrogens with two attached hydrogens (primary N) is 1. The van der Waals surface area contributed by atoms with Crippen LogP contribution in [0.25, 0.3) is 0 Å². The third-order valence-electron chi connectivity index (χ3n) is 3.30. The van der Waals surface area contributed by atoms with Crippen molar-refractivity contribution in [2.45, 2.75) is 19.5 Å². The van der Waals surface area contributed by atoms with Crippen molar-refractivity contribution in [2.24, 2.45) is 0 Å². The van der Waals surface area contributed by atoms with E-state index in [1.54, 1.807) is 18.2 Å². The number of aryl methyl sites for hydroxylation is 1. The number of rotatable bonds is 1. The zero-order chi connectivity index (χ0) is 14.9. The normalized spacial score (nSPS) is 16.0. The van der Waals surface area contributed by atoms with Gasteiger partial charge in [0.2, 0.25) is 0 Å². The minimum Gasteiger partial charge on any atom is -0.398 e. The van der Waals surface area contributed by atoms with Crippen molar-refractivity contribution in [1.29, 1.82) is 0 Å². The number of carbonyl (C=O) groups excluding carboxylic acids is 1. The highest BCUT2D eigenvalue weighted by molar-refractivity contribution is 5.99. The van der Waals surface area contributed by atoms with Crippen LogP contribution < -0.4 is 5.73 Å². The lowest BCUT2D eigenvalue weighted by atomic mass is 10.0. The summed E-state index contributed by atoms with van der Waals surface area (Å²) in [5.74, 6) is -0.330. The van der Waals surface area contributed by atoms with Crippen LogP contribution in [-0.2, 0) is 0 Å². The molecule has 0 fully saturated rings. The molecule has 1 aromatic carbocycles. The number of amides is 1. The Morgan fingerprint density at radius 3 is 2.60 bits per heavy atom. The Kier molecular flexibility index (Phi) is 3.74. The maximum absolute atomic E-state index is 12.5. The van der Waals surface area contributed by atoms with Crippen LogP contribution in [-0.4, -0.2) is 30.1 Å². The van der Waals surface area contributed by atoms with E-state index in [1.165, 1.54) is 4.90 Å². The van der Waals surface area contributed by atoms with Gasteiger partial charge in [-0.2, -0.15) is 13.2 Å². The van der Waals surface area contributed by atoms with Gasteiger partial charge in [-0.15, -0.1) is 0 Å². The van der Waals surface area contributed by atoms with Crippen LogP contribution in [0.15, 0.2) is 29.8 Å². The van der Waals surface area contributed by atoms with Crippen LogP contribution in [0.2, 0.25) is 0 Å². The number of halogens is 3. The molecule has 0 saturated carbocycles. The van der Waals surface area contributed by atoms with Crippen molar-refractivity contribution >= 4 is 11.6 Å². The highest BCUT2D eigenvalue weighted by Gasteiger charge is 2.35. The molecule has 2 rings (SSSR count). The molecule has 0 aliphatic carbocycles. The number of carbonyl (C=O) groups is 1. The van der Waals surface area contributed by atoms with Crippen LogP contribution in [0, 0.1) is 6.92 Å². The van der Waals surface area contributed by atoms with Crippen molar-refractivity contribution < 1.29 is 18.0 Å². The van der Waals surface area contributed by atoms with Gasteiger partial charge in [0.1, 0.15) is 0 Å². The molecule has 1 amide bonds. The van der Waals surface area contributed by atoms with Gasteiger partial charge in [0.05, 0.1) is 5.56 Å². The number of nitrogens with zero attached hydrogens (tertiary/aromatic N) is 1. The summed E-state index contributed by atoms with van der Waals surface area (Å²) in [6.45, 7) is 1.84. The summed E-state index contributed by atoms with van der Waals surface area (Å²) < 4.78 is 37.6. The molecule has 0 spiro atoms. The van der Waals surface area contributed by atoms with E-state index >= 15 is 0 Å². The van der Waals surface area contributed by atoms with Crippen molar-refractivity contribution in [1.82, 2.24) is 4.90 Å². The molecular formula is C14H15F3N2O. The zero-order valence-electron chi connectivity index (χ0n) is 11.0. The van der Waals surface area contributed by atoms with Gasteiger partial charge in [-0.05, 0) is 25.5 Å². The molecule has 1 aromatic rings. The summed E-state index contributed by atoms with van der Waals surface area (Å²) in [5.41, 5.74) is 6.74. The lowest BCUT2D eigenvalue weighted by molar-refractivity contribution is -0.0957. The first-order valence-corrected chi connectivity index (χ1v) is 6.20. The van der Waals surface area contributed by atoms with Gasteiger partial charge in [-0.1, -0.05) is 17.7 Å². The summed E-state index contributed by atoms with van der Waals surface area (Å²) in [4.78, 5) is 13.6. The van der Waals surface area contributed by atoms with E-state index < -0.39 is 11.7 Å². The van der Waals surface area contributed by atoms with E-state index in [1.807, 2.05) is 6.92 Å². The Bertz CT molecular complexity index is 564. The number of benzene rings is 1. The maximum Gasteiger partial charge on any atom is 0.412 e. The first-order chi connectivity index (χ1) is 9.29. The van der Waals surface area contributed by atoms with Crippen LogP contribution >= 0.6 is 0 Å². The molecule has 0 unspecified atom stereocenters. The minimum absolute atomic E-state index is 0.0406. The average Bonchev–Trinajstić information content (AvgIpc) is 2.40. The smallest absolute Gasteiger partial charge is 0.398 e. The molecule has 0 saturated heterocycles. The molecule has 20 heavy (non-hydrogen) atoms. The standard InChI is InChI=1S/C14H15F3N2O/c1-9-2-3-12(18)11(8-9)13(20)19-6-4-10(5-7-19)14(15,16)17/h2-4,8H,5-7,18H2,1H3. The van der Waals surface area contributed by atoms with Crippen LogP contribution in [0.4, 0.5) is 18.9 Å². The molecule has 0 bridgehead atoms. The molecule has 3 nitrogen and oxygen atoms in total. The molecule has 108 valence electrons. The number of hydrogen-bond acceptors (Lipinski definition) is 2. The Labute approximate surface area is 114 Å². The predicted octanol–water partition coefficient (Wildman–Crippen LogP) is 2.91. The molecule has 0 atom stereocenters. The predicted molar refractivity (Wildman–Crippen MR) is 70.2 cm³/mol. The van der Waals surface area contributed by atoms with Crippen molar-refractivity contribution in [2.75, 3.05) is 18.8 Å². The first-order valence-electron chi connectivity index (χ1n) is 6.20. The maximum atomic E-state index is 12.5. The topological polar surface area (TPSA) is 46.3 Å². The van der Waals surface area contributed by atoms with Crippen LogP contribution in [0.5, 0.6) is 0 Å². The number of alkyl halides is 3. The Hall–Kier alpha value is -1.98. The molecule has 0 aromatic heterocycles. The fourth-order valence-electron chi connectivity index (χ4n) is 2.14. The van der Waals surface area contributed by atoms with Gasteiger partial charge < -0.3 is 10.6 Å². The molecule has 1 aliphatic rings. The lowest BCUT2D eigenvalue weighted by Crippen LogP contribution is -2.37. The van der Waals surface area contributed by atoms with Gasteiger partial charge in [-0.25, -0.2) is 0 Å². The molecule has 1 aliphatic heterocycles. The number of anilines is 1. The quantitative estimate of drug-likeness (QED) is 0.636. The highest BCUT2D eigenvalue weighted by atomic mass is 19.4.